The molecule has 0 unspecified atom stereocenters. The topological polar surface area (TPSA) is 38.3 Å². The summed E-state index contributed by atoms with van der Waals surface area (Å²) in [5.41, 5.74) is 3.72. The van der Waals surface area contributed by atoms with Crippen LogP contribution >= 0.6 is 11.8 Å². The number of benzene rings is 2. The molecular weight excluding hydrogens is 318 g/mol. The Labute approximate surface area is 148 Å². The maximum absolute atomic E-state index is 12.1. The zero-order chi connectivity index (χ0) is 17.4. The number of thioether (sulfide) groups is 1. The van der Waals surface area contributed by atoms with Crippen molar-refractivity contribution in [1.82, 2.24) is 5.32 Å². The van der Waals surface area contributed by atoms with Gasteiger partial charge < -0.3 is 10.1 Å². The minimum atomic E-state index is -0.492. The molecule has 0 heterocycles. The number of nitrogens with one attached hydrogen (secondary N) is 1. The predicted molar refractivity (Wildman–Crippen MR) is 102 cm³/mol. The number of carbonyl (C=O) groups excluding carboxylic acids is 1. The molecular formula is C20H25NO2S. The zero-order valence-electron chi connectivity index (χ0n) is 14.5. The third kappa shape index (κ3) is 6.28. The van der Waals surface area contributed by atoms with Gasteiger partial charge in [-0.2, -0.15) is 11.8 Å². The van der Waals surface area contributed by atoms with Crippen LogP contribution in [0.15, 0.2) is 48.5 Å². The quantitative estimate of drug-likeness (QED) is 0.733. The number of aryl methyl sites for hydroxylation is 2. The van der Waals surface area contributed by atoms with E-state index in [0.29, 0.717) is 6.54 Å². The van der Waals surface area contributed by atoms with Gasteiger partial charge in [-0.1, -0.05) is 42.0 Å². The fraction of sp³-hybridized carbons (Fsp3) is 0.350. The highest BCUT2D eigenvalue weighted by Gasteiger charge is 2.13. The van der Waals surface area contributed by atoms with Crippen molar-refractivity contribution in [2.24, 2.45) is 0 Å². The van der Waals surface area contributed by atoms with Crippen molar-refractivity contribution >= 4 is 17.7 Å². The van der Waals surface area contributed by atoms with Gasteiger partial charge in [0.1, 0.15) is 5.75 Å². The Bertz CT molecular complexity index is 672. The van der Waals surface area contributed by atoms with E-state index in [1.165, 1.54) is 11.1 Å². The number of ether oxygens (including phenoxy) is 1. The molecule has 2 aromatic carbocycles. The number of carbonyl (C=O) groups is 1. The van der Waals surface area contributed by atoms with Crippen LogP contribution in [0.5, 0.6) is 5.75 Å². The summed E-state index contributed by atoms with van der Waals surface area (Å²) in [6, 6.07) is 16.2. The van der Waals surface area contributed by atoms with Crippen LogP contribution in [0.25, 0.3) is 0 Å². The number of hydrogen-bond donors (Lipinski definition) is 1. The maximum atomic E-state index is 12.1. The highest BCUT2D eigenvalue weighted by atomic mass is 32.2. The maximum Gasteiger partial charge on any atom is 0.260 e. The molecule has 0 aliphatic carbocycles. The van der Waals surface area contributed by atoms with Gasteiger partial charge in [-0.05, 0) is 44.0 Å². The third-order valence-corrected chi connectivity index (χ3v) is 4.60. The molecule has 4 heteroatoms. The van der Waals surface area contributed by atoms with Crippen LogP contribution in [0.1, 0.15) is 23.6 Å². The van der Waals surface area contributed by atoms with Gasteiger partial charge in [0.15, 0.2) is 6.10 Å². The minimum absolute atomic E-state index is 0.0762. The second-order valence-electron chi connectivity index (χ2n) is 5.91. The highest BCUT2D eigenvalue weighted by Crippen LogP contribution is 2.15. The molecule has 3 nitrogen and oxygen atoms in total. The molecule has 24 heavy (non-hydrogen) atoms. The molecule has 0 saturated carbocycles. The first-order valence-corrected chi connectivity index (χ1v) is 9.34. The SMILES string of the molecule is Cc1cccc(CSCCNC(=O)[C@H](C)Oc2cccc(C)c2)c1. The van der Waals surface area contributed by atoms with E-state index < -0.39 is 6.10 Å². The van der Waals surface area contributed by atoms with Crippen molar-refractivity contribution in [3.63, 3.8) is 0 Å². The van der Waals surface area contributed by atoms with Crippen molar-refractivity contribution in [3.05, 3.63) is 65.2 Å². The molecule has 0 radical (unpaired) electrons. The standard InChI is InChI=1S/C20H25NO2S/c1-15-6-4-8-18(12-15)14-24-11-10-21-20(22)17(3)23-19-9-5-7-16(2)13-19/h4-9,12-13,17H,10-11,14H2,1-3H3,(H,21,22)/t17-/m0/s1. The molecule has 0 spiro atoms. The second-order valence-corrected chi connectivity index (χ2v) is 7.01. The van der Waals surface area contributed by atoms with Crippen LogP contribution in [-0.4, -0.2) is 24.3 Å². The lowest BCUT2D eigenvalue weighted by Gasteiger charge is -2.15. The Kier molecular flexibility index (Phi) is 7.19. The van der Waals surface area contributed by atoms with E-state index in [1.807, 2.05) is 43.0 Å². The van der Waals surface area contributed by atoms with E-state index in [9.17, 15) is 4.79 Å². The molecule has 0 bridgehead atoms. The third-order valence-electron chi connectivity index (χ3n) is 3.57. The fourth-order valence-electron chi connectivity index (χ4n) is 2.33. The molecule has 0 aliphatic rings. The van der Waals surface area contributed by atoms with Crippen molar-refractivity contribution in [1.29, 1.82) is 0 Å². The molecule has 0 fully saturated rings. The van der Waals surface area contributed by atoms with Crippen molar-refractivity contribution in [2.45, 2.75) is 32.6 Å². The largest absolute Gasteiger partial charge is 0.481 e. The summed E-state index contributed by atoms with van der Waals surface area (Å²) in [6.45, 7) is 6.53. The summed E-state index contributed by atoms with van der Waals surface area (Å²) >= 11 is 1.82. The van der Waals surface area contributed by atoms with E-state index in [2.05, 4.69) is 36.5 Å². The Morgan fingerprint density at radius 1 is 1.12 bits per heavy atom. The van der Waals surface area contributed by atoms with Crippen molar-refractivity contribution in [2.75, 3.05) is 12.3 Å². The average molecular weight is 343 g/mol. The van der Waals surface area contributed by atoms with Gasteiger partial charge in [0.25, 0.3) is 5.91 Å². The van der Waals surface area contributed by atoms with Crippen LogP contribution < -0.4 is 10.1 Å². The highest BCUT2D eigenvalue weighted by molar-refractivity contribution is 7.98. The lowest BCUT2D eigenvalue weighted by molar-refractivity contribution is -0.127. The smallest absolute Gasteiger partial charge is 0.260 e. The zero-order valence-corrected chi connectivity index (χ0v) is 15.4. The Balaban J connectivity index is 1.65. The van der Waals surface area contributed by atoms with Gasteiger partial charge in [0, 0.05) is 18.1 Å². The molecule has 1 amide bonds. The van der Waals surface area contributed by atoms with E-state index in [1.54, 1.807) is 6.92 Å². The lowest BCUT2D eigenvalue weighted by Crippen LogP contribution is -2.37. The number of hydrogen-bond acceptors (Lipinski definition) is 3. The van der Waals surface area contributed by atoms with Gasteiger partial charge in [0.05, 0.1) is 0 Å². The van der Waals surface area contributed by atoms with Crippen LogP contribution in [0.4, 0.5) is 0 Å². The summed E-state index contributed by atoms with van der Waals surface area (Å²) in [4.78, 5) is 12.1. The van der Waals surface area contributed by atoms with Crippen LogP contribution in [0, 0.1) is 13.8 Å². The van der Waals surface area contributed by atoms with Gasteiger partial charge in [-0.25, -0.2) is 0 Å². The first-order chi connectivity index (χ1) is 11.5. The van der Waals surface area contributed by atoms with Gasteiger partial charge in [-0.3, -0.25) is 4.79 Å². The number of rotatable bonds is 8. The molecule has 2 rings (SSSR count). The normalized spacial score (nSPS) is 11.8. The summed E-state index contributed by atoms with van der Waals surface area (Å²) < 4.78 is 5.68. The van der Waals surface area contributed by atoms with Crippen LogP contribution in [0.3, 0.4) is 0 Å². The molecule has 0 saturated heterocycles. The average Bonchev–Trinajstić information content (AvgIpc) is 2.54. The van der Waals surface area contributed by atoms with E-state index >= 15 is 0 Å². The van der Waals surface area contributed by atoms with Crippen molar-refractivity contribution < 1.29 is 9.53 Å². The van der Waals surface area contributed by atoms with E-state index in [-0.39, 0.29) is 5.91 Å². The number of amides is 1. The summed E-state index contributed by atoms with van der Waals surface area (Å²) in [6.07, 6.45) is -0.492. The molecule has 1 atom stereocenters. The Hall–Kier alpha value is -1.94. The summed E-state index contributed by atoms with van der Waals surface area (Å²) in [5.74, 6) is 2.50. The van der Waals surface area contributed by atoms with Gasteiger partial charge in [-0.15, -0.1) is 0 Å². The first-order valence-electron chi connectivity index (χ1n) is 8.19. The van der Waals surface area contributed by atoms with E-state index in [4.69, 9.17) is 4.74 Å². The van der Waals surface area contributed by atoms with Gasteiger partial charge in [0.2, 0.25) is 0 Å². The molecule has 0 aromatic heterocycles. The van der Waals surface area contributed by atoms with E-state index in [0.717, 1.165) is 22.8 Å². The van der Waals surface area contributed by atoms with Gasteiger partial charge >= 0.3 is 0 Å². The molecule has 2 aromatic rings. The van der Waals surface area contributed by atoms with Crippen LogP contribution in [0.2, 0.25) is 0 Å². The summed E-state index contributed by atoms with van der Waals surface area (Å²) in [7, 11) is 0. The first kappa shape index (κ1) is 18.4. The second kappa shape index (κ2) is 9.38. The Morgan fingerprint density at radius 2 is 1.83 bits per heavy atom. The lowest BCUT2D eigenvalue weighted by atomic mass is 10.2. The minimum Gasteiger partial charge on any atom is -0.481 e. The Morgan fingerprint density at radius 3 is 2.54 bits per heavy atom. The van der Waals surface area contributed by atoms with Crippen molar-refractivity contribution in [3.8, 4) is 5.75 Å². The summed E-state index contributed by atoms with van der Waals surface area (Å²) in [5, 5.41) is 2.93. The van der Waals surface area contributed by atoms with Crippen LogP contribution in [-0.2, 0) is 10.5 Å². The molecule has 128 valence electrons. The molecule has 0 aliphatic heterocycles. The predicted octanol–water partition coefficient (Wildman–Crippen LogP) is 4.12. The fourth-order valence-corrected chi connectivity index (χ4v) is 3.13. The molecule has 1 N–H and O–H groups in total. The monoisotopic (exact) mass is 343 g/mol.